The van der Waals surface area contributed by atoms with Crippen LogP contribution in [0.3, 0.4) is 0 Å². The topological polar surface area (TPSA) is 38.8 Å². The smallest absolute Gasteiger partial charge is 0.222 e. The number of amides is 1. The van der Waals surface area contributed by atoms with Crippen molar-refractivity contribution >= 4 is 5.91 Å². The number of benzene rings is 1. The Hall–Kier alpha value is -1.97. The molecule has 0 unspecified atom stereocenters. The van der Waals surface area contributed by atoms with Gasteiger partial charge in [-0.3, -0.25) is 4.79 Å². The molecule has 0 radical (unpaired) electrons. The van der Waals surface area contributed by atoms with Gasteiger partial charge in [-0.1, -0.05) is 6.08 Å². The van der Waals surface area contributed by atoms with Gasteiger partial charge in [0.1, 0.15) is 11.5 Å². The molecule has 1 aromatic carbocycles. The van der Waals surface area contributed by atoms with E-state index in [1.807, 2.05) is 31.3 Å². The quantitative estimate of drug-likeness (QED) is 0.518. The minimum absolute atomic E-state index is 0.154. The summed E-state index contributed by atoms with van der Waals surface area (Å²) in [6, 6.07) is 5.70. The molecule has 0 spiro atoms. The van der Waals surface area contributed by atoms with Gasteiger partial charge in [-0.15, -0.1) is 6.58 Å². The number of carbonyl (C=O) groups excluding carboxylic acids is 1. The zero-order chi connectivity index (χ0) is 15.7. The van der Waals surface area contributed by atoms with E-state index in [0.29, 0.717) is 12.8 Å². The Morgan fingerprint density at radius 3 is 2.38 bits per heavy atom. The van der Waals surface area contributed by atoms with Gasteiger partial charge in [0.05, 0.1) is 14.2 Å². The number of rotatable bonds is 9. The Kier molecular flexibility index (Phi) is 7.37. The molecule has 0 aliphatic rings. The number of methoxy groups -OCH3 is 2. The molecule has 0 fully saturated rings. The summed E-state index contributed by atoms with van der Waals surface area (Å²) in [5, 5.41) is 0. The largest absolute Gasteiger partial charge is 0.497 e. The van der Waals surface area contributed by atoms with Crippen molar-refractivity contribution in [1.29, 1.82) is 0 Å². The van der Waals surface area contributed by atoms with Crippen molar-refractivity contribution in [2.45, 2.75) is 25.7 Å². The predicted octanol–water partition coefficient (Wildman–Crippen LogP) is 3.06. The Labute approximate surface area is 127 Å². The first kappa shape index (κ1) is 17.1. The van der Waals surface area contributed by atoms with Crippen LogP contribution in [0.15, 0.2) is 30.9 Å². The summed E-state index contributed by atoms with van der Waals surface area (Å²) < 4.78 is 10.5. The second kappa shape index (κ2) is 9.06. The third-order valence-electron chi connectivity index (χ3n) is 3.37. The first-order chi connectivity index (χ1) is 10.1. The molecule has 0 N–H and O–H groups in total. The summed E-state index contributed by atoms with van der Waals surface area (Å²) in [6.45, 7) is 4.45. The molecule has 1 aromatic rings. The lowest BCUT2D eigenvalue weighted by Crippen LogP contribution is -2.27. The van der Waals surface area contributed by atoms with Crippen molar-refractivity contribution < 1.29 is 14.3 Å². The van der Waals surface area contributed by atoms with Crippen LogP contribution in [-0.4, -0.2) is 38.6 Å². The van der Waals surface area contributed by atoms with Crippen molar-refractivity contribution in [3.8, 4) is 11.5 Å². The van der Waals surface area contributed by atoms with E-state index < -0.39 is 0 Å². The minimum atomic E-state index is 0.154. The highest BCUT2D eigenvalue weighted by Crippen LogP contribution is 2.23. The van der Waals surface area contributed by atoms with Gasteiger partial charge in [0.2, 0.25) is 5.91 Å². The van der Waals surface area contributed by atoms with Crippen molar-refractivity contribution in [2.24, 2.45) is 0 Å². The standard InChI is InChI=1S/C17H25NO3/c1-5-6-7-10-18(2)17(19)9-8-14-11-15(20-3)13-16(12-14)21-4/h5,11-13H,1,6-10H2,2-4H3. The third kappa shape index (κ3) is 5.90. The van der Waals surface area contributed by atoms with E-state index in [-0.39, 0.29) is 5.91 Å². The first-order valence-corrected chi connectivity index (χ1v) is 7.17. The number of nitrogens with zero attached hydrogens (tertiary/aromatic N) is 1. The van der Waals surface area contributed by atoms with E-state index in [1.165, 1.54) is 0 Å². The lowest BCUT2D eigenvalue weighted by atomic mass is 10.1. The van der Waals surface area contributed by atoms with Crippen molar-refractivity contribution in [2.75, 3.05) is 27.8 Å². The Morgan fingerprint density at radius 2 is 1.86 bits per heavy atom. The average molecular weight is 291 g/mol. The first-order valence-electron chi connectivity index (χ1n) is 7.17. The highest BCUT2D eigenvalue weighted by molar-refractivity contribution is 5.76. The van der Waals surface area contributed by atoms with Crippen LogP contribution in [-0.2, 0) is 11.2 Å². The zero-order valence-electron chi connectivity index (χ0n) is 13.2. The van der Waals surface area contributed by atoms with Crippen LogP contribution in [0.4, 0.5) is 0 Å². The Bertz CT molecular complexity index is 449. The van der Waals surface area contributed by atoms with E-state index in [4.69, 9.17) is 9.47 Å². The van der Waals surface area contributed by atoms with E-state index >= 15 is 0 Å². The van der Waals surface area contributed by atoms with Gasteiger partial charge in [0, 0.05) is 26.1 Å². The second-order valence-electron chi connectivity index (χ2n) is 4.97. The molecular weight excluding hydrogens is 266 g/mol. The van der Waals surface area contributed by atoms with Gasteiger partial charge >= 0.3 is 0 Å². The van der Waals surface area contributed by atoms with E-state index in [2.05, 4.69) is 6.58 Å². The summed E-state index contributed by atoms with van der Waals surface area (Å²) in [4.78, 5) is 13.8. The van der Waals surface area contributed by atoms with Crippen LogP contribution in [0.25, 0.3) is 0 Å². The molecule has 1 rings (SSSR count). The third-order valence-corrected chi connectivity index (χ3v) is 3.37. The number of aryl methyl sites for hydroxylation is 1. The summed E-state index contributed by atoms with van der Waals surface area (Å²) in [6.07, 6.45) is 4.93. The lowest BCUT2D eigenvalue weighted by Gasteiger charge is -2.17. The molecule has 1 amide bonds. The van der Waals surface area contributed by atoms with Crippen LogP contribution in [0.2, 0.25) is 0 Å². The van der Waals surface area contributed by atoms with Crippen LogP contribution < -0.4 is 9.47 Å². The molecule has 0 heterocycles. The maximum atomic E-state index is 12.1. The molecule has 0 aliphatic heterocycles. The summed E-state index contributed by atoms with van der Waals surface area (Å²) in [5.74, 6) is 1.65. The molecule has 116 valence electrons. The number of unbranched alkanes of at least 4 members (excludes halogenated alkanes) is 1. The van der Waals surface area contributed by atoms with E-state index in [0.717, 1.165) is 36.4 Å². The van der Waals surface area contributed by atoms with Crippen LogP contribution in [0.1, 0.15) is 24.8 Å². The summed E-state index contributed by atoms with van der Waals surface area (Å²) in [7, 11) is 5.09. The number of hydrogen-bond donors (Lipinski definition) is 0. The molecule has 0 aliphatic carbocycles. The molecule has 4 heteroatoms. The van der Waals surface area contributed by atoms with Crippen LogP contribution >= 0.6 is 0 Å². The molecule has 0 aromatic heterocycles. The fourth-order valence-electron chi connectivity index (χ4n) is 2.05. The molecule has 4 nitrogen and oxygen atoms in total. The van der Waals surface area contributed by atoms with Crippen LogP contribution in [0.5, 0.6) is 11.5 Å². The predicted molar refractivity (Wildman–Crippen MR) is 84.9 cm³/mol. The number of allylic oxidation sites excluding steroid dienone is 1. The SMILES string of the molecule is C=CCCCN(C)C(=O)CCc1cc(OC)cc(OC)c1. The summed E-state index contributed by atoms with van der Waals surface area (Å²) in [5.41, 5.74) is 1.04. The average Bonchev–Trinajstić information content (AvgIpc) is 2.52. The fourth-order valence-corrected chi connectivity index (χ4v) is 2.05. The molecule has 0 saturated heterocycles. The van der Waals surface area contributed by atoms with E-state index in [9.17, 15) is 4.79 Å². The monoisotopic (exact) mass is 291 g/mol. The molecule has 0 saturated carbocycles. The van der Waals surface area contributed by atoms with Gasteiger partial charge in [-0.2, -0.15) is 0 Å². The van der Waals surface area contributed by atoms with Gasteiger partial charge in [0.15, 0.2) is 0 Å². The Morgan fingerprint density at radius 1 is 1.24 bits per heavy atom. The molecule has 21 heavy (non-hydrogen) atoms. The number of hydrogen-bond acceptors (Lipinski definition) is 3. The minimum Gasteiger partial charge on any atom is -0.497 e. The molecule has 0 atom stereocenters. The number of ether oxygens (including phenoxy) is 2. The fraction of sp³-hybridized carbons (Fsp3) is 0.471. The van der Waals surface area contributed by atoms with Crippen molar-refractivity contribution in [3.05, 3.63) is 36.4 Å². The van der Waals surface area contributed by atoms with Crippen molar-refractivity contribution in [1.82, 2.24) is 4.90 Å². The van der Waals surface area contributed by atoms with E-state index in [1.54, 1.807) is 19.1 Å². The highest BCUT2D eigenvalue weighted by atomic mass is 16.5. The van der Waals surface area contributed by atoms with Gasteiger partial charge in [-0.05, 0) is 37.0 Å². The maximum absolute atomic E-state index is 12.1. The Balaban J connectivity index is 2.53. The van der Waals surface area contributed by atoms with Crippen LogP contribution in [0, 0.1) is 0 Å². The lowest BCUT2D eigenvalue weighted by molar-refractivity contribution is -0.129. The van der Waals surface area contributed by atoms with Gasteiger partial charge in [0.25, 0.3) is 0 Å². The maximum Gasteiger partial charge on any atom is 0.222 e. The van der Waals surface area contributed by atoms with Crippen molar-refractivity contribution in [3.63, 3.8) is 0 Å². The molecule has 0 bridgehead atoms. The normalized spacial score (nSPS) is 10.0. The zero-order valence-corrected chi connectivity index (χ0v) is 13.2. The number of carbonyl (C=O) groups is 1. The van der Waals surface area contributed by atoms with Gasteiger partial charge in [-0.25, -0.2) is 0 Å². The second-order valence-corrected chi connectivity index (χ2v) is 4.97. The van der Waals surface area contributed by atoms with Gasteiger partial charge < -0.3 is 14.4 Å². The highest BCUT2D eigenvalue weighted by Gasteiger charge is 2.09. The summed E-state index contributed by atoms with van der Waals surface area (Å²) >= 11 is 0. The molecular formula is C17H25NO3.